The van der Waals surface area contributed by atoms with Crippen molar-refractivity contribution >= 4 is 39.3 Å². The molecular formula is C14H16BrClN2O3. The maximum absolute atomic E-state index is 11.9. The van der Waals surface area contributed by atoms with E-state index < -0.39 is 0 Å². The molecule has 114 valence electrons. The van der Waals surface area contributed by atoms with Gasteiger partial charge in [-0.3, -0.25) is 9.59 Å². The van der Waals surface area contributed by atoms with Crippen molar-refractivity contribution in [3.8, 4) is 5.75 Å². The van der Waals surface area contributed by atoms with Gasteiger partial charge in [-0.1, -0.05) is 27.5 Å². The lowest BCUT2D eigenvalue weighted by Gasteiger charge is -2.17. The SMILES string of the molecule is CN(CC(=O)NC1CC1)C(=O)COc1ccc(Br)cc1Cl. The van der Waals surface area contributed by atoms with Crippen LogP contribution in [0.5, 0.6) is 5.75 Å². The number of hydrogen-bond acceptors (Lipinski definition) is 3. The van der Waals surface area contributed by atoms with Crippen molar-refractivity contribution in [1.82, 2.24) is 10.2 Å². The third-order valence-corrected chi connectivity index (χ3v) is 3.78. The van der Waals surface area contributed by atoms with E-state index in [0.29, 0.717) is 16.8 Å². The molecule has 0 atom stereocenters. The lowest BCUT2D eigenvalue weighted by Crippen LogP contribution is -2.40. The van der Waals surface area contributed by atoms with Crippen LogP contribution in [0.25, 0.3) is 0 Å². The predicted octanol–water partition coefficient (Wildman–Crippen LogP) is 2.22. The largest absolute Gasteiger partial charge is 0.482 e. The molecule has 0 spiro atoms. The molecule has 2 amide bonds. The molecule has 0 aliphatic heterocycles. The van der Waals surface area contributed by atoms with Crippen LogP contribution in [0.1, 0.15) is 12.8 Å². The van der Waals surface area contributed by atoms with E-state index in [2.05, 4.69) is 21.2 Å². The molecule has 1 aliphatic rings. The zero-order valence-electron chi connectivity index (χ0n) is 11.6. The quantitative estimate of drug-likeness (QED) is 0.829. The van der Waals surface area contributed by atoms with E-state index in [1.807, 2.05) is 0 Å². The summed E-state index contributed by atoms with van der Waals surface area (Å²) in [4.78, 5) is 24.8. The molecule has 0 radical (unpaired) electrons. The number of halogens is 2. The van der Waals surface area contributed by atoms with Gasteiger partial charge in [0.15, 0.2) is 6.61 Å². The van der Waals surface area contributed by atoms with Gasteiger partial charge in [0.2, 0.25) is 5.91 Å². The molecular weight excluding hydrogens is 360 g/mol. The van der Waals surface area contributed by atoms with Gasteiger partial charge < -0.3 is 15.0 Å². The fourth-order valence-electron chi connectivity index (χ4n) is 1.65. The first-order valence-corrected chi connectivity index (χ1v) is 7.74. The first-order valence-electron chi connectivity index (χ1n) is 6.57. The average molecular weight is 376 g/mol. The Kier molecular flexibility index (Phi) is 5.47. The predicted molar refractivity (Wildman–Crippen MR) is 83.4 cm³/mol. The number of ether oxygens (including phenoxy) is 1. The lowest BCUT2D eigenvalue weighted by molar-refractivity contribution is -0.136. The highest BCUT2D eigenvalue weighted by molar-refractivity contribution is 9.10. The lowest BCUT2D eigenvalue weighted by atomic mass is 10.3. The number of hydrogen-bond donors (Lipinski definition) is 1. The van der Waals surface area contributed by atoms with Crippen LogP contribution in [0.15, 0.2) is 22.7 Å². The Morgan fingerprint density at radius 1 is 1.48 bits per heavy atom. The molecule has 1 N–H and O–H groups in total. The van der Waals surface area contributed by atoms with Gasteiger partial charge in [0.05, 0.1) is 11.6 Å². The molecule has 0 saturated heterocycles. The standard InChI is InChI=1S/C14H16BrClN2O3/c1-18(7-13(19)17-10-3-4-10)14(20)8-21-12-5-2-9(15)6-11(12)16/h2,5-6,10H,3-4,7-8H2,1H3,(H,17,19). The van der Waals surface area contributed by atoms with Gasteiger partial charge in [0.1, 0.15) is 5.75 Å². The topological polar surface area (TPSA) is 58.6 Å². The van der Waals surface area contributed by atoms with E-state index in [9.17, 15) is 9.59 Å². The maximum Gasteiger partial charge on any atom is 0.260 e. The molecule has 21 heavy (non-hydrogen) atoms. The number of carbonyl (C=O) groups excluding carboxylic acids is 2. The van der Waals surface area contributed by atoms with E-state index in [4.69, 9.17) is 16.3 Å². The van der Waals surface area contributed by atoms with Crippen LogP contribution in [-0.2, 0) is 9.59 Å². The number of nitrogens with zero attached hydrogens (tertiary/aromatic N) is 1. The Hall–Kier alpha value is -1.27. The minimum absolute atomic E-state index is 0.0345. The third-order valence-electron chi connectivity index (χ3n) is 2.99. The normalized spacial score (nSPS) is 13.7. The smallest absolute Gasteiger partial charge is 0.260 e. The summed E-state index contributed by atoms with van der Waals surface area (Å²) in [6, 6.07) is 5.44. The van der Waals surface area contributed by atoms with E-state index in [0.717, 1.165) is 17.3 Å². The Bertz CT molecular complexity index is 549. The van der Waals surface area contributed by atoms with E-state index in [1.54, 1.807) is 25.2 Å². The van der Waals surface area contributed by atoms with Crippen molar-refractivity contribution in [2.24, 2.45) is 0 Å². The van der Waals surface area contributed by atoms with Crippen LogP contribution in [-0.4, -0.2) is 43.0 Å². The Morgan fingerprint density at radius 2 is 2.19 bits per heavy atom. The summed E-state index contributed by atoms with van der Waals surface area (Å²) in [6.45, 7) is -0.124. The molecule has 0 bridgehead atoms. The summed E-state index contributed by atoms with van der Waals surface area (Å²) in [6.07, 6.45) is 2.04. The van der Waals surface area contributed by atoms with Gasteiger partial charge in [-0.05, 0) is 31.0 Å². The highest BCUT2D eigenvalue weighted by atomic mass is 79.9. The van der Waals surface area contributed by atoms with E-state index in [-0.39, 0.29) is 25.0 Å². The van der Waals surface area contributed by atoms with Gasteiger partial charge >= 0.3 is 0 Å². The first kappa shape index (κ1) is 16.1. The summed E-state index contributed by atoms with van der Waals surface area (Å²) in [5.41, 5.74) is 0. The molecule has 1 aliphatic carbocycles. The van der Waals surface area contributed by atoms with Gasteiger partial charge in [-0.2, -0.15) is 0 Å². The Morgan fingerprint density at radius 3 is 2.81 bits per heavy atom. The second kappa shape index (κ2) is 7.13. The number of carbonyl (C=O) groups is 2. The molecule has 1 aromatic rings. The zero-order valence-corrected chi connectivity index (χ0v) is 13.9. The second-order valence-electron chi connectivity index (χ2n) is 4.96. The molecule has 0 unspecified atom stereocenters. The average Bonchev–Trinajstić information content (AvgIpc) is 3.21. The minimum atomic E-state index is -0.278. The zero-order chi connectivity index (χ0) is 15.4. The molecule has 5 nitrogen and oxygen atoms in total. The van der Waals surface area contributed by atoms with Crippen molar-refractivity contribution in [2.75, 3.05) is 20.2 Å². The molecule has 0 aromatic heterocycles. The van der Waals surface area contributed by atoms with Crippen LogP contribution < -0.4 is 10.1 Å². The highest BCUT2D eigenvalue weighted by Crippen LogP contribution is 2.27. The van der Waals surface area contributed by atoms with E-state index >= 15 is 0 Å². The molecule has 1 fully saturated rings. The highest BCUT2D eigenvalue weighted by Gasteiger charge is 2.24. The number of nitrogens with one attached hydrogen (secondary N) is 1. The number of amides is 2. The van der Waals surface area contributed by atoms with Crippen molar-refractivity contribution < 1.29 is 14.3 Å². The fraction of sp³-hybridized carbons (Fsp3) is 0.429. The summed E-state index contributed by atoms with van der Waals surface area (Å²) >= 11 is 9.29. The monoisotopic (exact) mass is 374 g/mol. The van der Waals surface area contributed by atoms with Gasteiger partial charge in [0.25, 0.3) is 5.91 Å². The summed E-state index contributed by atoms with van der Waals surface area (Å²) in [5, 5.41) is 3.25. The van der Waals surface area contributed by atoms with Gasteiger partial charge in [0, 0.05) is 17.6 Å². The number of likely N-dealkylation sites (N-methyl/N-ethyl adjacent to an activating group) is 1. The van der Waals surface area contributed by atoms with Crippen LogP contribution in [0.2, 0.25) is 5.02 Å². The fourth-order valence-corrected chi connectivity index (χ4v) is 2.37. The van der Waals surface area contributed by atoms with Crippen LogP contribution in [0, 0.1) is 0 Å². The second-order valence-corrected chi connectivity index (χ2v) is 6.28. The van der Waals surface area contributed by atoms with Crippen LogP contribution in [0.4, 0.5) is 0 Å². The molecule has 7 heteroatoms. The maximum atomic E-state index is 11.9. The number of benzene rings is 1. The Balaban J connectivity index is 1.78. The van der Waals surface area contributed by atoms with Crippen molar-refractivity contribution in [1.29, 1.82) is 0 Å². The summed E-state index contributed by atoms with van der Waals surface area (Å²) in [5.74, 6) is 0.0130. The molecule has 1 aromatic carbocycles. The van der Waals surface area contributed by atoms with Crippen LogP contribution >= 0.6 is 27.5 Å². The number of rotatable bonds is 6. The van der Waals surface area contributed by atoms with Crippen molar-refractivity contribution in [2.45, 2.75) is 18.9 Å². The summed E-state index contributed by atoms with van der Waals surface area (Å²) < 4.78 is 6.21. The van der Waals surface area contributed by atoms with E-state index in [1.165, 1.54) is 4.90 Å². The molecule has 0 heterocycles. The Labute approximate surface area is 136 Å². The van der Waals surface area contributed by atoms with Gasteiger partial charge in [-0.25, -0.2) is 0 Å². The van der Waals surface area contributed by atoms with Crippen molar-refractivity contribution in [3.63, 3.8) is 0 Å². The molecule has 1 saturated carbocycles. The summed E-state index contributed by atoms with van der Waals surface area (Å²) in [7, 11) is 1.57. The molecule has 2 rings (SSSR count). The third kappa shape index (κ3) is 5.21. The first-order chi connectivity index (χ1) is 9.95. The van der Waals surface area contributed by atoms with Crippen LogP contribution in [0.3, 0.4) is 0 Å². The minimum Gasteiger partial charge on any atom is -0.482 e. The van der Waals surface area contributed by atoms with Gasteiger partial charge in [-0.15, -0.1) is 0 Å². The van der Waals surface area contributed by atoms with Crippen molar-refractivity contribution in [3.05, 3.63) is 27.7 Å².